The lowest BCUT2D eigenvalue weighted by Gasteiger charge is -2.33. The first-order valence-electron chi connectivity index (χ1n) is 7.15. The third-order valence-corrected chi connectivity index (χ3v) is 3.63. The number of piperazine rings is 1. The molecule has 0 N–H and O–H groups in total. The molecule has 2 aromatic rings. The third kappa shape index (κ3) is 3.69. The van der Waals surface area contributed by atoms with Crippen LogP contribution in [0.4, 0.5) is 0 Å². The topological polar surface area (TPSA) is 67.8 Å². The average Bonchev–Trinajstić information content (AvgIpc) is 3.17. The van der Waals surface area contributed by atoms with E-state index in [1.807, 2.05) is 6.07 Å². The van der Waals surface area contributed by atoms with Gasteiger partial charge in [0.05, 0.1) is 19.4 Å². The molecular weight excluding hydrogens is 272 g/mol. The summed E-state index contributed by atoms with van der Waals surface area (Å²) in [5.41, 5.74) is 0. The molecule has 0 saturated carbocycles. The fourth-order valence-electron chi connectivity index (χ4n) is 2.40. The van der Waals surface area contributed by atoms with Crippen molar-refractivity contribution in [1.29, 1.82) is 0 Å². The summed E-state index contributed by atoms with van der Waals surface area (Å²) in [6.45, 7) is 6.56. The number of rotatable bonds is 6. The Kier molecular flexibility index (Phi) is 4.64. The van der Waals surface area contributed by atoms with Crippen LogP contribution in [-0.4, -0.2) is 66.4 Å². The molecule has 0 atom stereocenters. The van der Waals surface area contributed by atoms with Crippen LogP contribution in [0.5, 0.6) is 0 Å². The maximum Gasteiger partial charge on any atom is 0.283 e. The zero-order chi connectivity index (χ0) is 14.5. The van der Waals surface area contributed by atoms with E-state index in [1.165, 1.54) is 0 Å². The fraction of sp³-hybridized carbons (Fsp3) is 0.571. The van der Waals surface area contributed by atoms with Crippen molar-refractivity contribution in [2.24, 2.45) is 0 Å². The van der Waals surface area contributed by atoms with E-state index >= 15 is 0 Å². The Morgan fingerprint density at radius 3 is 2.71 bits per heavy atom. The van der Waals surface area contributed by atoms with Gasteiger partial charge in [-0.3, -0.25) is 9.80 Å². The number of aromatic nitrogens is 2. The quantitative estimate of drug-likeness (QED) is 0.789. The Labute approximate surface area is 123 Å². The predicted molar refractivity (Wildman–Crippen MR) is 75.6 cm³/mol. The van der Waals surface area contributed by atoms with Gasteiger partial charge in [-0.1, -0.05) is 0 Å². The van der Waals surface area contributed by atoms with Gasteiger partial charge in [0.15, 0.2) is 5.76 Å². The molecule has 1 saturated heterocycles. The minimum absolute atomic E-state index is 0.439. The second-order valence-electron chi connectivity index (χ2n) is 5.09. The summed E-state index contributed by atoms with van der Waals surface area (Å²) in [7, 11) is 1.74. The van der Waals surface area contributed by atoms with Gasteiger partial charge < -0.3 is 13.6 Å². The SMILES string of the molecule is COCCN1CCN(Cc2nnc(-c3ccco3)o2)CC1. The largest absolute Gasteiger partial charge is 0.459 e. The summed E-state index contributed by atoms with van der Waals surface area (Å²) in [4.78, 5) is 4.73. The Bertz CT molecular complexity index is 532. The van der Waals surface area contributed by atoms with Crippen molar-refractivity contribution in [3.05, 3.63) is 24.3 Å². The molecule has 0 spiro atoms. The zero-order valence-corrected chi connectivity index (χ0v) is 12.2. The zero-order valence-electron chi connectivity index (χ0n) is 12.2. The van der Waals surface area contributed by atoms with Gasteiger partial charge in [0.1, 0.15) is 0 Å². The summed E-state index contributed by atoms with van der Waals surface area (Å²) in [5, 5.41) is 8.10. The van der Waals surface area contributed by atoms with Gasteiger partial charge >= 0.3 is 0 Å². The lowest BCUT2D eigenvalue weighted by molar-refractivity contribution is 0.0896. The first-order valence-corrected chi connectivity index (χ1v) is 7.15. The molecule has 0 bridgehead atoms. The highest BCUT2D eigenvalue weighted by Gasteiger charge is 2.19. The van der Waals surface area contributed by atoms with Gasteiger partial charge in [0.25, 0.3) is 5.89 Å². The van der Waals surface area contributed by atoms with E-state index in [0.29, 0.717) is 24.1 Å². The molecule has 0 aliphatic carbocycles. The molecule has 2 aromatic heterocycles. The molecule has 7 nitrogen and oxygen atoms in total. The molecule has 114 valence electrons. The van der Waals surface area contributed by atoms with Crippen LogP contribution in [0, 0.1) is 0 Å². The van der Waals surface area contributed by atoms with E-state index in [-0.39, 0.29) is 0 Å². The number of hydrogen-bond donors (Lipinski definition) is 0. The highest BCUT2D eigenvalue weighted by atomic mass is 16.5. The van der Waals surface area contributed by atoms with Crippen molar-refractivity contribution >= 4 is 0 Å². The number of ether oxygens (including phenoxy) is 1. The maximum absolute atomic E-state index is 5.63. The van der Waals surface area contributed by atoms with Crippen LogP contribution in [0.15, 0.2) is 27.2 Å². The van der Waals surface area contributed by atoms with Gasteiger partial charge in [-0.05, 0) is 12.1 Å². The monoisotopic (exact) mass is 292 g/mol. The van der Waals surface area contributed by atoms with E-state index < -0.39 is 0 Å². The first kappa shape index (κ1) is 14.2. The highest BCUT2D eigenvalue weighted by Crippen LogP contribution is 2.18. The minimum Gasteiger partial charge on any atom is -0.459 e. The van der Waals surface area contributed by atoms with Crippen molar-refractivity contribution < 1.29 is 13.6 Å². The summed E-state index contributed by atoms with van der Waals surface area (Å²) in [6.07, 6.45) is 1.60. The van der Waals surface area contributed by atoms with Crippen LogP contribution in [0.3, 0.4) is 0 Å². The lowest BCUT2D eigenvalue weighted by Crippen LogP contribution is -2.46. The molecule has 1 aliphatic rings. The molecule has 3 heterocycles. The number of nitrogens with zero attached hydrogens (tertiary/aromatic N) is 4. The molecular formula is C14H20N4O3. The molecule has 21 heavy (non-hydrogen) atoms. The Morgan fingerprint density at radius 2 is 2.00 bits per heavy atom. The standard InChI is InChI=1S/C14H20N4O3/c1-19-10-8-17-4-6-18(7-5-17)11-13-15-16-14(21-13)12-3-2-9-20-12/h2-3,9H,4-8,10-11H2,1H3. The molecule has 0 amide bonds. The van der Waals surface area contributed by atoms with Gasteiger partial charge in [-0.15, -0.1) is 10.2 Å². The van der Waals surface area contributed by atoms with E-state index in [2.05, 4.69) is 20.0 Å². The highest BCUT2D eigenvalue weighted by molar-refractivity contribution is 5.42. The van der Waals surface area contributed by atoms with Crippen molar-refractivity contribution in [3.8, 4) is 11.7 Å². The Morgan fingerprint density at radius 1 is 1.19 bits per heavy atom. The van der Waals surface area contributed by atoms with E-state index in [0.717, 1.165) is 39.3 Å². The van der Waals surface area contributed by atoms with Gasteiger partial charge in [-0.2, -0.15) is 0 Å². The van der Waals surface area contributed by atoms with E-state index in [1.54, 1.807) is 19.4 Å². The van der Waals surface area contributed by atoms with Gasteiger partial charge in [0.2, 0.25) is 5.89 Å². The van der Waals surface area contributed by atoms with Crippen molar-refractivity contribution in [2.75, 3.05) is 46.4 Å². The van der Waals surface area contributed by atoms with Crippen molar-refractivity contribution in [1.82, 2.24) is 20.0 Å². The Hall–Kier alpha value is -1.70. The minimum atomic E-state index is 0.439. The normalized spacial score (nSPS) is 17.4. The Balaban J connectivity index is 1.49. The van der Waals surface area contributed by atoms with E-state index in [9.17, 15) is 0 Å². The van der Waals surface area contributed by atoms with Gasteiger partial charge in [0, 0.05) is 39.8 Å². The molecule has 0 radical (unpaired) electrons. The maximum atomic E-state index is 5.63. The number of furan rings is 1. The van der Waals surface area contributed by atoms with E-state index in [4.69, 9.17) is 13.6 Å². The summed E-state index contributed by atoms with van der Waals surface area (Å²) in [5.74, 6) is 1.68. The fourth-order valence-corrected chi connectivity index (χ4v) is 2.40. The van der Waals surface area contributed by atoms with Crippen molar-refractivity contribution in [2.45, 2.75) is 6.54 Å². The first-order chi connectivity index (χ1) is 10.3. The summed E-state index contributed by atoms with van der Waals surface area (Å²) >= 11 is 0. The van der Waals surface area contributed by atoms with Crippen molar-refractivity contribution in [3.63, 3.8) is 0 Å². The summed E-state index contributed by atoms with van der Waals surface area (Å²) in [6, 6.07) is 3.62. The number of hydrogen-bond acceptors (Lipinski definition) is 7. The molecule has 3 rings (SSSR count). The lowest BCUT2D eigenvalue weighted by atomic mass is 10.3. The van der Waals surface area contributed by atoms with Crippen LogP contribution in [0.1, 0.15) is 5.89 Å². The summed E-state index contributed by atoms with van der Waals surface area (Å²) < 4.78 is 16.0. The predicted octanol–water partition coefficient (Wildman–Crippen LogP) is 1.09. The van der Waals surface area contributed by atoms with Crippen LogP contribution in [0.25, 0.3) is 11.7 Å². The third-order valence-electron chi connectivity index (χ3n) is 3.63. The molecule has 7 heteroatoms. The second kappa shape index (κ2) is 6.84. The van der Waals surface area contributed by atoms with Crippen LogP contribution < -0.4 is 0 Å². The van der Waals surface area contributed by atoms with Crippen LogP contribution >= 0.6 is 0 Å². The van der Waals surface area contributed by atoms with Crippen LogP contribution in [0.2, 0.25) is 0 Å². The molecule has 0 aromatic carbocycles. The molecule has 0 unspecified atom stereocenters. The van der Waals surface area contributed by atoms with Crippen LogP contribution in [-0.2, 0) is 11.3 Å². The molecule has 1 aliphatic heterocycles. The second-order valence-corrected chi connectivity index (χ2v) is 5.09. The average molecular weight is 292 g/mol. The van der Waals surface area contributed by atoms with Gasteiger partial charge in [-0.25, -0.2) is 0 Å². The molecule has 1 fully saturated rings. The number of methoxy groups -OCH3 is 1. The smallest absolute Gasteiger partial charge is 0.283 e.